The first-order chi connectivity index (χ1) is 14.2. The summed E-state index contributed by atoms with van der Waals surface area (Å²) in [7, 11) is 1.67. The van der Waals surface area contributed by atoms with Gasteiger partial charge in [-0.1, -0.05) is 30.3 Å². The lowest BCUT2D eigenvalue weighted by Gasteiger charge is -2.10. The van der Waals surface area contributed by atoms with Gasteiger partial charge in [0, 0.05) is 36.3 Å². The summed E-state index contributed by atoms with van der Waals surface area (Å²) in [6.45, 7) is 3.40. The number of methoxy groups -OCH3 is 1. The molecular weight excluding hydrogens is 362 g/mol. The first kappa shape index (κ1) is 18.8. The average Bonchev–Trinajstić information content (AvgIpc) is 3.15. The predicted octanol–water partition coefficient (Wildman–Crippen LogP) is 4.54. The van der Waals surface area contributed by atoms with Crippen molar-refractivity contribution in [3.63, 3.8) is 0 Å². The molecule has 4 rings (SSSR count). The van der Waals surface area contributed by atoms with Crippen molar-refractivity contribution >= 4 is 22.5 Å². The van der Waals surface area contributed by atoms with Gasteiger partial charge in [-0.15, -0.1) is 0 Å². The molecule has 0 unspecified atom stereocenters. The van der Waals surface area contributed by atoms with Crippen LogP contribution >= 0.6 is 0 Å². The van der Waals surface area contributed by atoms with E-state index in [1.807, 2.05) is 43.3 Å². The smallest absolute Gasteiger partial charge is 0.132 e. The van der Waals surface area contributed by atoms with Gasteiger partial charge in [0.1, 0.15) is 23.2 Å². The lowest BCUT2D eigenvalue weighted by atomic mass is 10.1. The van der Waals surface area contributed by atoms with Gasteiger partial charge in [0.05, 0.1) is 7.11 Å². The lowest BCUT2D eigenvalue weighted by Crippen LogP contribution is -2.09. The van der Waals surface area contributed by atoms with Gasteiger partial charge >= 0.3 is 0 Å². The highest BCUT2D eigenvalue weighted by Crippen LogP contribution is 2.19. The Labute approximate surface area is 170 Å². The highest BCUT2D eigenvalue weighted by Gasteiger charge is 2.05. The van der Waals surface area contributed by atoms with Crippen LogP contribution in [0, 0.1) is 6.92 Å². The molecule has 0 aliphatic rings. The SMILES string of the molecule is COc1ccc(CNc2cc(NCCc3c[nH]c4ccccc34)nc(C)n2)cc1. The van der Waals surface area contributed by atoms with Gasteiger partial charge in [0.2, 0.25) is 0 Å². The van der Waals surface area contributed by atoms with Crippen molar-refractivity contribution in [1.29, 1.82) is 0 Å². The Morgan fingerprint density at radius 3 is 2.52 bits per heavy atom. The third-order valence-corrected chi connectivity index (χ3v) is 4.85. The molecule has 2 aromatic carbocycles. The maximum Gasteiger partial charge on any atom is 0.132 e. The van der Waals surface area contributed by atoms with E-state index in [-0.39, 0.29) is 0 Å². The number of anilines is 2. The van der Waals surface area contributed by atoms with Crippen LogP contribution in [0.2, 0.25) is 0 Å². The highest BCUT2D eigenvalue weighted by molar-refractivity contribution is 5.83. The second kappa shape index (κ2) is 8.65. The summed E-state index contributed by atoms with van der Waals surface area (Å²) in [6.07, 6.45) is 3.00. The molecule has 0 saturated carbocycles. The summed E-state index contributed by atoms with van der Waals surface area (Å²) in [6, 6.07) is 18.3. The number of para-hydroxylation sites is 1. The van der Waals surface area contributed by atoms with E-state index in [0.29, 0.717) is 6.54 Å². The Morgan fingerprint density at radius 1 is 0.966 bits per heavy atom. The predicted molar refractivity (Wildman–Crippen MR) is 118 cm³/mol. The molecule has 148 valence electrons. The largest absolute Gasteiger partial charge is 0.497 e. The standard InChI is InChI=1S/C23H25N5O/c1-16-27-22(24-12-11-18-15-25-21-6-4-3-5-20(18)21)13-23(28-16)26-14-17-7-9-19(29-2)10-8-17/h3-10,13,15,25H,11-12,14H2,1-2H3,(H2,24,26,27,28). The summed E-state index contributed by atoms with van der Waals surface area (Å²) in [5.41, 5.74) is 3.64. The summed E-state index contributed by atoms with van der Waals surface area (Å²) in [5, 5.41) is 8.06. The van der Waals surface area contributed by atoms with Gasteiger partial charge in [-0.25, -0.2) is 9.97 Å². The minimum atomic E-state index is 0.690. The van der Waals surface area contributed by atoms with Crippen LogP contribution in [0.5, 0.6) is 5.75 Å². The number of aryl methyl sites for hydroxylation is 1. The number of fused-ring (bicyclic) bond motifs is 1. The van der Waals surface area contributed by atoms with Crippen molar-refractivity contribution in [3.8, 4) is 5.75 Å². The maximum atomic E-state index is 5.20. The Balaban J connectivity index is 1.36. The number of H-pyrrole nitrogens is 1. The van der Waals surface area contributed by atoms with E-state index in [1.54, 1.807) is 7.11 Å². The van der Waals surface area contributed by atoms with Gasteiger partial charge < -0.3 is 20.4 Å². The van der Waals surface area contributed by atoms with Crippen LogP contribution in [0.4, 0.5) is 11.6 Å². The number of aromatic amines is 1. The number of nitrogens with zero attached hydrogens (tertiary/aromatic N) is 2. The number of rotatable bonds is 8. The number of hydrogen-bond acceptors (Lipinski definition) is 5. The van der Waals surface area contributed by atoms with Gasteiger partial charge in [-0.3, -0.25) is 0 Å². The Kier molecular flexibility index (Phi) is 5.61. The maximum absolute atomic E-state index is 5.20. The third kappa shape index (κ3) is 4.66. The second-order valence-corrected chi connectivity index (χ2v) is 6.92. The van der Waals surface area contributed by atoms with E-state index in [4.69, 9.17) is 4.74 Å². The third-order valence-electron chi connectivity index (χ3n) is 4.85. The van der Waals surface area contributed by atoms with Crippen LogP contribution < -0.4 is 15.4 Å². The van der Waals surface area contributed by atoms with E-state index in [0.717, 1.165) is 41.7 Å². The molecule has 29 heavy (non-hydrogen) atoms. The van der Waals surface area contributed by atoms with E-state index in [1.165, 1.54) is 16.5 Å². The van der Waals surface area contributed by atoms with Crippen molar-refractivity contribution in [2.45, 2.75) is 19.9 Å². The lowest BCUT2D eigenvalue weighted by molar-refractivity contribution is 0.414. The Bertz CT molecular complexity index is 1090. The molecule has 6 nitrogen and oxygen atoms in total. The fraction of sp³-hybridized carbons (Fsp3) is 0.217. The fourth-order valence-corrected chi connectivity index (χ4v) is 3.35. The normalized spacial score (nSPS) is 10.8. The zero-order valence-electron chi connectivity index (χ0n) is 16.7. The van der Waals surface area contributed by atoms with E-state index >= 15 is 0 Å². The molecule has 0 aliphatic carbocycles. The number of ether oxygens (including phenoxy) is 1. The molecule has 0 aliphatic heterocycles. The zero-order valence-corrected chi connectivity index (χ0v) is 16.7. The van der Waals surface area contributed by atoms with Crippen LogP contribution in [-0.4, -0.2) is 28.6 Å². The number of nitrogens with one attached hydrogen (secondary N) is 3. The van der Waals surface area contributed by atoms with E-state index in [2.05, 4.69) is 50.0 Å². The first-order valence-corrected chi connectivity index (χ1v) is 9.72. The molecule has 0 amide bonds. The Hall–Kier alpha value is -3.54. The highest BCUT2D eigenvalue weighted by atomic mass is 16.5. The molecule has 0 saturated heterocycles. The molecule has 2 aromatic heterocycles. The Morgan fingerprint density at radius 2 is 1.72 bits per heavy atom. The van der Waals surface area contributed by atoms with Gasteiger partial charge in [-0.05, 0) is 42.7 Å². The van der Waals surface area contributed by atoms with Crippen LogP contribution in [0.1, 0.15) is 17.0 Å². The minimum Gasteiger partial charge on any atom is -0.497 e. The molecule has 0 bridgehead atoms. The van der Waals surface area contributed by atoms with Crippen molar-refractivity contribution in [3.05, 3.63) is 77.7 Å². The van der Waals surface area contributed by atoms with Gasteiger partial charge in [0.25, 0.3) is 0 Å². The molecule has 6 heteroatoms. The monoisotopic (exact) mass is 387 g/mol. The molecule has 0 radical (unpaired) electrons. The fourth-order valence-electron chi connectivity index (χ4n) is 3.35. The average molecular weight is 387 g/mol. The van der Waals surface area contributed by atoms with Crippen molar-refractivity contribution in [2.75, 3.05) is 24.3 Å². The van der Waals surface area contributed by atoms with E-state index < -0.39 is 0 Å². The van der Waals surface area contributed by atoms with Crippen LogP contribution in [0.25, 0.3) is 10.9 Å². The van der Waals surface area contributed by atoms with Crippen molar-refractivity contribution in [2.24, 2.45) is 0 Å². The zero-order chi connectivity index (χ0) is 20.1. The summed E-state index contributed by atoms with van der Waals surface area (Å²) in [5.74, 6) is 3.23. The quantitative estimate of drug-likeness (QED) is 0.414. The number of aromatic nitrogens is 3. The first-order valence-electron chi connectivity index (χ1n) is 9.72. The summed E-state index contributed by atoms with van der Waals surface area (Å²) in [4.78, 5) is 12.3. The molecule has 3 N–H and O–H groups in total. The molecule has 0 fully saturated rings. The van der Waals surface area contributed by atoms with Crippen LogP contribution in [-0.2, 0) is 13.0 Å². The number of benzene rings is 2. The van der Waals surface area contributed by atoms with Crippen LogP contribution in [0.15, 0.2) is 60.8 Å². The molecule has 0 atom stereocenters. The van der Waals surface area contributed by atoms with E-state index in [9.17, 15) is 0 Å². The summed E-state index contributed by atoms with van der Waals surface area (Å²) >= 11 is 0. The molecule has 0 spiro atoms. The van der Waals surface area contributed by atoms with Crippen molar-refractivity contribution in [1.82, 2.24) is 15.0 Å². The van der Waals surface area contributed by atoms with Gasteiger partial charge in [0.15, 0.2) is 0 Å². The van der Waals surface area contributed by atoms with Crippen LogP contribution in [0.3, 0.4) is 0 Å². The number of hydrogen-bond donors (Lipinski definition) is 3. The van der Waals surface area contributed by atoms with Gasteiger partial charge in [-0.2, -0.15) is 0 Å². The summed E-state index contributed by atoms with van der Waals surface area (Å²) < 4.78 is 5.20. The molecule has 4 aromatic rings. The second-order valence-electron chi connectivity index (χ2n) is 6.92. The molecule has 2 heterocycles. The molecular formula is C23H25N5O. The van der Waals surface area contributed by atoms with Crippen molar-refractivity contribution < 1.29 is 4.74 Å². The topological polar surface area (TPSA) is 74.9 Å². The minimum absolute atomic E-state index is 0.690.